The molecule has 3 fully saturated rings. The van der Waals surface area contributed by atoms with E-state index in [4.69, 9.17) is 18.5 Å². The number of hydrogen-bond donors (Lipinski definition) is 2. The molecule has 322 valence electrons. The second-order valence-corrected chi connectivity index (χ2v) is 21.2. The number of aliphatic hydroxyl groups is 1. The summed E-state index contributed by atoms with van der Waals surface area (Å²) in [6.07, 6.45) is 17.8. The molecule has 5 unspecified atom stereocenters. The molecule has 0 spiro atoms. The Bertz CT molecular complexity index is 1300. The Kier molecular flexibility index (Phi) is 18.3. The smallest absolute Gasteiger partial charge is 0.462 e. The van der Waals surface area contributed by atoms with Crippen LogP contribution in [0, 0.1) is 58.2 Å². The van der Waals surface area contributed by atoms with E-state index in [1.54, 1.807) is 7.11 Å². The van der Waals surface area contributed by atoms with Gasteiger partial charge in [-0.25, -0.2) is 0 Å². The minimum Gasteiger partial charge on any atom is -0.462 e. The van der Waals surface area contributed by atoms with Crippen molar-refractivity contribution in [3.63, 3.8) is 0 Å². The number of fused-ring (bicyclic) bond motifs is 5. The second-order valence-electron chi connectivity index (χ2n) is 20.2. The van der Waals surface area contributed by atoms with E-state index in [1.165, 1.54) is 50.5 Å². The zero-order chi connectivity index (χ0) is 41.1. The third-order valence-electron chi connectivity index (χ3n) is 14.7. The lowest BCUT2D eigenvalue weighted by atomic mass is 9.47. The molecule has 56 heavy (non-hydrogen) atoms. The molecule has 0 aromatic carbocycles. The van der Waals surface area contributed by atoms with Crippen molar-refractivity contribution in [2.24, 2.45) is 58.2 Å². The van der Waals surface area contributed by atoms with Crippen molar-refractivity contribution in [2.45, 2.75) is 137 Å². The Morgan fingerprint density at radius 1 is 0.964 bits per heavy atom. The van der Waals surface area contributed by atoms with Crippen molar-refractivity contribution in [2.75, 3.05) is 67.8 Å². The standard InChI is InChI=1S/C45H80N2O8P/c1-32(2)13-12-14-33(3)39-18-19-40-38-17-16-36-28-37(20-22-44(36,4)41(38)21-23-45(39,40)5)55-42(49)27-35(31-54-56(51)53-26-25-47(6,7)8)43(50)46-24-11-10-15-34(29-48)30-52-9/h16,32-35,37-41,48H,10-15,17-31H2,1-9H3/q+1/p+1/t33-,34?,35+,37+,38?,39-,40?,41?,44+,45-/m1/s1. The van der Waals surface area contributed by atoms with Crippen molar-refractivity contribution < 1.29 is 42.3 Å². The number of allylic oxidation sites excluding steroid dienone is 1. The Labute approximate surface area is 341 Å². The molecule has 11 atom stereocenters. The van der Waals surface area contributed by atoms with Gasteiger partial charge in [0, 0.05) is 37.2 Å². The number of aliphatic hydroxyl groups excluding tert-OH is 1. The Balaban J connectivity index is 1.32. The average Bonchev–Trinajstić information content (AvgIpc) is 3.49. The van der Waals surface area contributed by atoms with Crippen molar-refractivity contribution in [3.05, 3.63) is 11.6 Å². The highest BCUT2D eigenvalue weighted by atomic mass is 31.1. The van der Waals surface area contributed by atoms with Gasteiger partial charge in [-0.1, -0.05) is 72.0 Å². The van der Waals surface area contributed by atoms with E-state index in [1.807, 2.05) is 21.1 Å². The minimum atomic E-state index is -2.44. The number of carbonyl (C=O) groups excluding carboxylic acids is 2. The summed E-state index contributed by atoms with van der Waals surface area (Å²) in [4.78, 5) is 26.9. The van der Waals surface area contributed by atoms with Gasteiger partial charge in [-0.2, -0.15) is 0 Å². The van der Waals surface area contributed by atoms with Gasteiger partial charge < -0.3 is 24.4 Å². The number of nitrogens with zero attached hydrogens (tertiary/aromatic N) is 1. The Morgan fingerprint density at radius 3 is 2.43 bits per heavy atom. The zero-order valence-electron chi connectivity index (χ0n) is 36.8. The van der Waals surface area contributed by atoms with Crippen LogP contribution in [0.5, 0.6) is 0 Å². The van der Waals surface area contributed by atoms with Crippen LogP contribution < -0.4 is 5.32 Å². The van der Waals surface area contributed by atoms with Crippen LogP contribution in [-0.4, -0.2) is 95.3 Å². The number of carbonyl (C=O) groups is 2. The first-order chi connectivity index (χ1) is 26.5. The number of esters is 1. The van der Waals surface area contributed by atoms with E-state index in [0.29, 0.717) is 35.5 Å². The summed E-state index contributed by atoms with van der Waals surface area (Å²) in [5, 5.41) is 12.5. The maximum absolute atomic E-state index is 13.5. The number of nitrogens with one attached hydrogen (secondary N) is 1. The molecule has 0 heterocycles. The van der Waals surface area contributed by atoms with Crippen LogP contribution in [0.15, 0.2) is 11.6 Å². The number of amides is 1. The Morgan fingerprint density at radius 2 is 1.73 bits per heavy atom. The fourth-order valence-electron chi connectivity index (χ4n) is 11.4. The molecule has 0 aliphatic heterocycles. The van der Waals surface area contributed by atoms with Gasteiger partial charge in [-0.3, -0.25) is 9.59 Å². The monoisotopic (exact) mass is 809 g/mol. The van der Waals surface area contributed by atoms with E-state index >= 15 is 0 Å². The summed E-state index contributed by atoms with van der Waals surface area (Å²) in [7, 11) is 5.24. The Hall–Kier alpha value is -1.42. The van der Waals surface area contributed by atoms with E-state index in [9.17, 15) is 19.3 Å². The molecule has 10 nitrogen and oxygen atoms in total. The van der Waals surface area contributed by atoms with Crippen LogP contribution in [0.3, 0.4) is 0 Å². The molecule has 4 rings (SSSR count). The predicted molar refractivity (Wildman–Crippen MR) is 223 cm³/mol. The van der Waals surface area contributed by atoms with Crippen molar-refractivity contribution in [1.29, 1.82) is 0 Å². The number of rotatable bonds is 24. The molecule has 4 aliphatic rings. The van der Waals surface area contributed by atoms with Crippen LogP contribution in [0.25, 0.3) is 0 Å². The summed E-state index contributed by atoms with van der Waals surface area (Å²) < 4.78 is 35.4. The summed E-state index contributed by atoms with van der Waals surface area (Å²) in [6.45, 7) is 14.1. The van der Waals surface area contributed by atoms with Crippen LogP contribution in [0.2, 0.25) is 0 Å². The molecule has 0 saturated heterocycles. The highest BCUT2D eigenvalue weighted by molar-refractivity contribution is 7.33. The van der Waals surface area contributed by atoms with Crippen molar-refractivity contribution >= 4 is 20.1 Å². The van der Waals surface area contributed by atoms with Crippen LogP contribution in [-0.2, 0) is 32.7 Å². The van der Waals surface area contributed by atoms with Gasteiger partial charge in [0.1, 0.15) is 19.3 Å². The summed E-state index contributed by atoms with van der Waals surface area (Å²) in [5.74, 6) is 3.16. The van der Waals surface area contributed by atoms with Crippen molar-refractivity contribution in [1.82, 2.24) is 5.32 Å². The molecule has 3 saturated carbocycles. The van der Waals surface area contributed by atoms with Gasteiger partial charge in [-0.15, -0.1) is 9.05 Å². The fourth-order valence-corrected chi connectivity index (χ4v) is 12.0. The van der Waals surface area contributed by atoms with Gasteiger partial charge in [0.05, 0.1) is 40.1 Å². The van der Waals surface area contributed by atoms with Crippen LogP contribution in [0.4, 0.5) is 0 Å². The fraction of sp³-hybridized carbons (Fsp3) is 0.911. The summed E-state index contributed by atoms with van der Waals surface area (Å²) >= 11 is 0. The van der Waals surface area contributed by atoms with Crippen LogP contribution >= 0.6 is 8.25 Å². The predicted octanol–water partition coefficient (Wildman–Crippen LogP) is 8.88. The molecule has 0 bridgehead atoms. The highest BCUT2D eigenvalue weighted by Crippen LogP contribution is 2.67. The normalized spacial score (nSPS) is 30.7. The summed E-state index contributed by atoms with van der Waals surface area (Å²) in [5.41, 5.74) is 2.08. The van der Waals surface area contributed by atoms with E-state index in [0.717, 1.165) is 74.5 Å². The van der Waals surface area contributed by atoms with E-state index in [2.05, 4.69) is 46.0 Å². The average molecular weight is 809 g/mol. The lowest BCUT2D eigenvalue weighted by molar-refractivity contribution is -0.870. The molecular formula is C45H81N2O8P+2. The van der Waals surface area contributed by atoms with Gasteiger partial charge in [0.25, 0.3) is 0 Å². The lowest BCUT2D eigenvalue weighted by Crippen LogP contribution is -2.51. The SMILES string of the molecule is COCC(CO)CCCCNC(=O)[C@H](CO[P+](=O)OCC[N+](C)(C)C)CC(=O)O[C@H]1CC[C@@]2(C)C(=CCC3C2CC[C@@]2(C)C3CC[C@@H]2[C@H](C)CCCC(C)C)C1. The van der Waals surface area contributed by atoms with Crippen LogP contribution in [0.1, 0.15) is 131 Å². The quantitative estimate of drug-likeness (QED) is 0.0327. The first kappa shape index (κ1) is 47.3. The molecule has 0 aromatic rings. The third kappa shape index (κ3) is 13.0. The van der Waals surface area contributed by atoms with Gasteiger partial charge >= 0.3 is 14.2 Å². The molecule has 11 heteroatoms. The molecule has 1 amide bonds. The van der Waals surface area contributed by atoms with Gasteiger partial charge in [-0.05, 0) is 104 Å². The van der Waals surface area contributed by atoms with Gasteiger partial charge in [0.2, 0.25) is 5.91 Å². The first-order valence-electron chi connectivity index (χ1n) is 22.3. The minimum absolute atomic E-state index is 0.0634. The molecule has 0 aromatic heterocycles. The largest absolute Gasteiger partial charge is 0.697 e. The maximum atomic E-state index is 13.5. The number of methoxy groups -OCH3 is 1. The number of hydrogen-bond acceptors (Lipinski definition) is 8. The van der Waals surface area contributed by atoms with E-state index in [-0.39, 0.29) is 49.6 Å². The molecule has 0 radical (unpaired) electrons. The first-order valence-corrected chi connectivity index (χ1v) is 23.4. The highest BCUT2D eigenvalue weighted by Gasteiger charge is 2.59. The summed E-state index contributed by atoms with van der Waals surface area (Å²) in [6, 6.07) is 0. The second kappa shape index (κ2) is 21.7. The lowest BCUT2D eigenvalue weighted by Gasteiger charge is -2.58. The third-order valence-corrected chi connectivity index (χ3v) is 15.4. The zero-order valence-corrected chi connectivity index (χ0v) is 37.7. The number of likely N-dealkylation sites (N-methyl/N-ethyl adjacent to an activating group) is 1. The maximum Gasteiger partial charge on any atom is 0.697 e. The van der Waals surface area contributed by atoms with Crippen molar-refractivity contribution in [3.8, 4) is 0 Å². The number of quaternary nitrogens is 1. The number of ether oxygens (including phenoxy) is 2. The topological polar surface area (TPSA) is 120 Å². The molecule has 4 aliphatic carbocycles. The molecular weight excluding hydrogens is 727 g/mol. The van der Waals surface area contributed by atoms with E-state index < -0.39 is 20.1 Å². The number of unbranched alkanes of at least 4 members (excludes halogenated alkanes) is 1. The van der Waals surface area contributed by atoms with Gasteiger partial charge in [0.15, 0.2) is 6.61 Å². The molecule has 2 N–H and O–H groups in total.